The maximum absolute atomic E-state index is 10.6. The Morgan fingerprint density at radius 2 is 1.00 bits per heavy atom. The molecule has 2 aliphatic rings. The van der Waals surface area contributed by atoms with E-state index in [0.717, 1.165) is 58.5 Å². The Kier molecular flexibility index (Phi) is 38.5. The summed E-state index contributed by atoms with van der Waals surface area (Å²) in [6.07, 6.45) is 8.61. The Morgan fingerprint density at radius 3 is 1.18 bits per heavy atom. The predicted octanol–water partition coefficient (Wildman–Crippen LogP) is -5.14. The van der Waals surface area contributed by atoms with E-state index >= 15 is 0 Å². The first-order chi connectivity index (χ1) is 15.4. The monoisotopic (exact) mass is 544 g/mol. The quantitative estimate of drug-likeness (QED) is 0.0929. The van der Waals surface area contributed by atoms with Crippen LogP contribution < -0.4 is 108 Å². The second-order valence-electron chi connectivity index (χ2n) is 7.94. The molecule has 2 saturated carbocycles. The van der Waals surface area contributed by atoms with Gasteiger partial charge < -0.3 is 36.4 Å². The average Bonchev–Trinajstić information content (AvgIpc) is 2.83. The standard InChI is InChI=1S/C12H20O4.C8H16O2.CH2O3.CH4O.2K.H/c1-9(13)15-7-11-3-5-12(6-4-11)8-16-10(2)14;9-5-7-1-2-8(6-10)4-3-7;2-1-4-3;1-2;;;/h11-12H,3-8H2,1-2H3;7-10H,1-6H2;1,3H;2H,1H3;;;/q;;;;2*+1;-1/p-1. The van der Waals surface area contributed by atoms with Gasteiger partial charge in [0.05, 0.1) is 13.2 Å². The van der Waals surface area contributed by atoms with E-state index in [1.54, 1.807) is 0 Å². The van der Waals surface area contributed by atoms with E-state index in [-0.39, 0.29) is 123 Å². The van der Waals surface area contributed by atoms with Crippen LogP contribution in [-0.4, -0.2) is 67.3 Å². The first-order valence-corrected chi connectivity index (χ1v) is 11.0. The molecule has 0 unspecified atom stereocenters. The van der Waals surface area contributed by atoms with Gasteiger partial charge >= 0.3 is 115 Å². The zero-order valence-corrected chi connectivity index (χ0v) is 27.8. The molecular formula is C22H42K2O10. The van der Waals surface area contributed by atoms with Crippen molar-refractivity contribution in [3.63, 3.8) is 0 Å². The van der Waals surface area contributed by atoms with E-state index in [1.807, 2.05) is 0 Å². The van der Waals surface area contributed by atoms with E-state index in [2.05, 4.69) is 4.89 Å². The Morgan fingerprint density at radius 1 is 0.765 bits per heavy atom. The number of hydrogen-bond donors (Lipinski definition) is 3. The van der Waals surface area contributed by atoms with E-state index in [9.17, 15) is 9.59 Å². The molecule has 0 atom stereocenters. The van der Waals surface area contributed by atoms with Gasteiger partial charge in [-0.1, -0.05) is 0 Å². The van der Waals surface area contributed by atoms with Crippen LogP contribution in [0.25, 0.3) is 0 Å². The van der Waals surface area contributed by atoms with Crippen LogP contribution in [0.1, 0.15) is 66.6 Å². The fourth-order valence-electron chi connectivity index (χ4n) is 3.63. The molecule has 12 heteroatoms. The van der Waals surface area contributed by atoms with E-state index in [4.69, 9.17) is 34.8 Å². The zero-order chi connectivity index (χ0) is 24.8. The summed E-state index contributed by atoms with van der Waals surface area (Å²) in [4.78, 5) is 32.5. The summed E-state index contributed by atoms with van der Waals surface area (Å²) in [5, 5.41) is 33.0. The van der Waals surface area contributed by atoms with Crippen molar-refractivity contribution in [2.24, 2.45) is 23.7 Å². The van der Waals surface area contributed by atoms with Crippen molar-refractivity contribution in [3.8, 4) is 0 Å². The maximum atomic E-state index is 10.6. The molecule has 10 nitrogen and oxygen atoms in total. The summed E-state index contributed by atoms with van der Waals surface area (Å²) in [5.74, 6) is 1.59. The molecule has 2 fully saturated rings. The van der Waals surface area contributed by atoms with Crippen molar-refractivity contribution in [1.82, 2.24) is 0 Å². The van der Waals surface area contributed by atoms with Gasteiger partial charge in [0.15, 0.2) is 0 Å². The predicted molar refractivity (Wildman–Crippen MR) is 115 cm³/mol. The largest absolute Gasteiger partial charge is 1.00 e. The van der Waals surface area contributed by atoms with Gasteiger partial charge in [0, 0.05) is 34.2 Å². The van der Waals surface area contributed by atoms with E-state index in [1.165, 1.54) is 13.8 Å². The summed E-state index contributed by atoms with van der Waals surface area (Å²) in [7, 11) is 1.00. The number of carbonyl (C=O) groups excluding carboxylic acids is 3. The Labute approximate surface area is 290 Å². The average molecular weight is 545 g/mol. The number of hydrogen-bond acceptors (Lipinski definition) is 10. The molecule has 0 spiro atoms. The topological polar surface area (TPSA) is 163 Å². The second kappa shape index (κ2) is 30.7. The third-order valence-electron chi connectivity index (χ3n) is 5.53. The fraction of sp³-hybridized carbons (Fsp3) is 0.864. The molecule has 0 heterocycles. The summed E-state index contributed by atoms with van der Waals surface area (Å²) in [6.45, 7) is 4.43. The van der Waals surface area contributed by atoms with Crippen molar-refractivity contribution < 1.29 is 154 Å². The molecule has 0 radical (unpaired) electrons. The summed E-state index contributed by atoms with van der Waals surface area (Å²) in [6, 6.07) is 0. The molecule has 3 N–H and O–H groups in total. The molecule has 2 rings (SSSR count). The van der Waals surface area contributed by atoms with Crippen molar-refractivity contribution >= 4 is 18.4 Å². The SMILES string of the molecule is CC(=O)OCC1CCC(COC(C)=O)CC1.CO.O=CO[O-].OCC1CCC(CO)CC1.[H-].[K+].[K+]. The minimum atomic E-state index is -0.206. The Hall–Kier alpha value is 1.52. The van der Waals surface area contributed by atoms with E-state index in [0.29, 0.717) is 50.1 Å². The molecule has 192 valence electrons. The van der Waals surface area contributed by atoms with Crippen LogP contribution in [0.3, 0.4) is 0 Å². The molecule has 0 aromatic heterocycles. The minimum absolute atomic E-state index is 0. The first-order valence-electron chi connectivity index (χ1n) is 11.0. The molecule has 0 aromatic carbocycles. The van der Waals surface area contributed by atoms with Crippen LogP contribution in [0.5, 0.6) is 0 Å². The van der Waals surface area contributed by atoms with Gasteiger partial charge in [-0.3, -0.25) is 14.4 Å². The second-order valence-corrected chi connectivity index (χ2v) is 7.94. The maximum Gasteiger partial charge on any atom is 1.00 e. The third kappa shape index (κ3) is 26.6. The van der Waals surface area contributed by atoms with Gasteiger partial charge in [0.25, 0.3) is 6.47 Å². The van der Waals surface area contributed by atoms with Gasteiger partial charge in [-0.2, -0.15) is 0 Å². The van der Waals surface area contributed by atoms with Gasteiger partial charge in [0.1, 0.15) is 0 Å². The normalized spacial score (nSPS) is 22.6. The molecule has 0 aromatic rings. The molecule has 0 amide bonds. The third-order valence-corrected chi connectivity index (χ3v) is 5.53. The molecular weight excluding hydrogens is 502 g/mol. The summed E-state index contributed by atoms with van der Waals surface area (Å²) < 4.78 is 9.98. The van der Waals surface area contributed by atoms with Crippen molar-refractivity contribution in [3.05, 3.63) is 0 Å². The van der Waals surface area contributed by atoms with Gasteiger partial charge in [-0.05, 0) is 75.0 Å². The molecule has 34 heavy (non-hydrogen) atoms. The Bertz CT molecular complexity index is 435. The zero-order valence-electron chi connectivity index (χ0n) is 22.6. The molecule has 2 aliphatic carbocycles. The first kappa shape index (κ1) is 42.6. The summed E-state index contributed by atoms with van der Waals surface area (Å²) in [5.41, 5.74) is 0. The molecule has 0 saturated heterocycles. The smallest absolute Gasteiger partial charge is 1.00 e. The van der Waals surface area contributed by atoms with Gasteiger partial charge in [-0.25, -0.2) is 0 Å². The minimum Gasteiger partial charge on any atom is -1.00 e. The van der Waals surface area contributed by atoms with Crippen LogP contribution in [0, 0.1) is 23.7 Å². The molecule has 0 aliphatic heterocycles. The number of carbonyl (C=O) groups is 3. The van der Waals surface area contributed by atoms with Crippen LogP contribution in [0.15, 0.2) is 0 Å². The summed E-state index contributed by atoms with van der Waals surface area (Å²) >= 11 is 0. The Balaban J connectivity index is -0.000000137. The van der Waals surface area contributed by atoms with Crippen LogP contribution in [-0.2, 0) is 28.7 Å². The van der Waals surface area contributed by atoms with Crippen LogP contribution in [0.2, 0.25) is 0 Å². The van der Waals surface area contributed by atoms with Crippen molar-refractivity contribution in [1.29, 1.82) is 0 Å². The number of ether oxygens (including phenoxy) is 2. The number of aliphatic hydroxyl groups excluding tert-OH is 3. The van der Waals surface area contributed by atoms with Gasteiger partial charge in [0.2, 0.25) is 0 Å². The number of esters is 2. The number of aliphatic hydroxyl groups is 3. The van der Waals surface area contributed by atoms with Crippen molar-refractivity contribution in [2.45, 2.75) is 65.2 Å². The van der Waals surface area contributed by atoms with Crippen LogP contribution >= 0.6 is 0 Å². The molecule has 0 bridgehead atoms. The fourth-order valence-corrected chi connectivity index (χ4v) is 3.63. The van der Waals surface area contributed by atoms with Crippen LogP contribution in [0.4, 0.5) is 0 Å². The van der Waals surface area contributed by atoms with Gasteiger partial charge in [-0.15, -0.1) is 0 Å². The number of rotatable bonds is 7. The van der Waals surface area contributed by atoms with Crippen molar-refractivity contribution in [2.75, 3.05) is 33.5 Å². The van der Waals surface area contributed by atoms with E-state index < -0.39 is 0 Å².